The number of carbonyl (C=O) groups excluding carboxylic acids is 8. The van der Waals surface area contributed by atoms with E-state index in [-0.39, 0.29) is 47.3 Å². The van der Waals surface area contributed by atoms with Crippen molar-refractivity contribution < 1.29 is 62.0 Å². The van der Waals surface area contributed by atoms with Crippen molar-refractivity contribution in [2.75, 3.05) is 38.2 Å². The number of benzene rings is 1. The third kappa shape index (κ3) is 13.3. The minimum absolute atomic E-state index is 0.0572. The molecule has 20 heteroatoms. The average Bonchev–Trinajstić information content (AvgIpc) is 2.94. The summed E-state index contributed by atoms with van der Waals surface area (Å²) >= 11 is 11.5. The van der Waals surface area contributed by atoms with E-state index < -0.39 is 72.9 Å². The van der Waals surface area contributed by atoms with Crippen LogP contribution in [0.25, 0.3) is 0 Å². The summed E-state index contributed by atoms with van der Waals surface area (Å²) in [4.78, 5) is 97.7. The molecule has 0 aliphatic carbocycles. The first kappa shape index (κ1) is 41.5. The van der Waals surface area contributed by atoms with Crippen molar-refractivity contribution in [1.29, 1.82) is 0 Å². The van der Waals surface area contributed by atoms with Crippen LogP contribution in [0.5, 0.6) is 0 Å². The van der Waals surface area contributed by atoms with Gasteiger partial charge < -0.3 is 34.3 Å². The van der Waals surface area contributed by atoms with Crippen LogP contribution >= 0.6 is 79.5 Å². The van der Waals surface area contributed by atoms with Gasteiger partial charge in [-0.3, -0.25) is 33.6 Å². The zero-order valence-corrected chi connectivity index (χ0v) is 32.2. The molecule has 0 bridgehead atoms. The summed E-state index contributed by atoms with van der Waals surface area (Å²) in [5.41, 5.74) is -0.433. The molecular formula is C26H29ClI3N3O13. The normalized spacial score (nSPS) is 11.7. The Hall–Kier alpha value is -2.54. The van der Waals surface area contributed by atoms with E-state index in [2.05, 4.69) is 10.6 Å². The molecule has 0 aliphatic heterocycles. The van der Waals surface area contributed by atoms with Crippen LogP contribution in [0.4, 0.5) is 5.69 Å². The number of amides is 3. The van der Waals surface area contributed by atoms with Crippen molar-refractivity contribution in [3.63, 3.8) is 0 Å². The van der Waals surface area contributed by atoms with Gasteiger partial charge in [0, 0.05) is 43.0 Å². The molecular weight excluding hydrogens is 978 g/mol. The zero-order valence-electron chi connectivity index (χ0n) is 25.0. The molecule has 1 rings (SSSR count). The molecule has 0 spiro atoms. The molecule has 0 radical (unpaired) electrons. The Labute approximate surface area is 309 Å². The first-order valence-electron chi connectivity index (χ1n) is 13.0. The highest BCUT2D eigenvalue weighted by atomic mass is 127. The van der Waals surface area contributed by atoms with Crippen LogP contribution < -0.4 is 10.6 Å². The van der Waals surface area contributed by atoms with Gasteiger partial charge in [-0.25, -0.2) is 9.21 Å². The molecule has 46 heavy (non-hydrogen) atoms. The molecule has 0 fully saturated rings. The van der Waals surface area contributed by atoms with E-state index >= 15 is 0 Å². The minimum Gasteiger partial charge on any atom is -0.462 e. The number of nitrogens with one attached hydrogen (secondary N) is 2. The highest BCUT2D eigenvalue weighted by Crippen LogP contribution is 2.37. The molecule has 16 nitrogen and oxygen atoms in total. The fraction of sp³-hybridized carbons (Fsp3) is 0.462. The van der Waals surface area contributed by atoms with Gasteiger partial charge in [0.05, 0.1) is 43.7 Å². The van der Waals surface area contributed by atoms with Crippen LogP contribution in [0.3, 0.4) is 0 Å². The molecule has 2 N–H and O–H groups in total. The lowest BCUT2D eigenvalue weighted by Gasteiger charge is -2.24. The van der Waals surface area contributed by atoms with Crippen molar-refractivity contribution in [3.8, 4) is 0 Å². The van der Waals surface area contributed by atoms with Gasteiger partial charge in [0.15, 0.2) is 12.2 Å². The Morgan fingerprint density at radius 1 is 0.739 bits per heavy atom. The van der Waals surface area contributed by atoms with Gasteiger partial charge in [-0.05, 0) is 74.7 Å². The second kappa shape index (κ2) is 20.0. The Kier molecular flexibility index (Phi) is 18.0. The summed E-state index contributed by atoms with van der Waals surface area (Å²) < 4.78 is 25.6. The maximum Gasteiger partial charge on any atom is 0.397 e. The third-order valence-corrected chi connectivity index (χ3v) is 8.67. The van der Waals surface area contributed by atoms with Crippen LogP contribution in [0.1, 0.15) is 55.3 Å². The number of hydrogen-bond acceptors (Lipinski definition) is 13. The highest BCUT2D eigenvalue weighted by molar-refractivity contribution is 14.1. The van der Waals surface area contributed by atoms with E-state index in [4.69, 9.17) is 35.5 Å². The van der Waals surface area contributed by atoms with E-state index in [9.17, 15) is 38.4 Å². The molecule has 0 aliphatic rings. The summed E-state index contributed by atoms with van der Waals surface area (Å²) in [6, 6.07) is 0. The number of rotatable bonds is 14. The molecule has 2 atom stereocenters. The van der Waals surface area contributed by atoms with Crippen molar-refractivity contribution >= 4 is 133 Å². The van der Waals surface area contributed by atoms with Crippen molar-refractivity contribution in [3.05, 3.63) is 21.8 Å². The van der Waals surface area contributed by atoms with Gasteiger partial charge in [-0.2, -0.15) is 0 Å². The fourth-order valence-electron chi connectivity index (χ4n) is 3.35. The lowest BCUT2D eigenvalue weighted by atomic mass is 10.1. The van der Waals surface area contributed by atoms with Crippen LogP contribution in [-0.4, -0.2) is 97.1 Å². The summed E-state index contributed by atoms with van der Waals surface area (Å²) in [5.74, 6) is -6.91. The van der Waals surface area contributed by atoms with Crippen LogP contribution in [0, 0.1) is 10.7 Å². The number of halogens is 4. The molecule has 1 aromatic carbocycles. The lowest BCUT2D eigenvalue weighted by molar-refractivity contribution is -0.156. The van der Waals surface area contributed by atoms with Gasteiger partial charge in [0.25, 0.3) is 11.8 Å². The molecule has 0 heterocycles. The van der Waals surface area contributed by atoms with Crippen LogP contribution in [-0.2, 0) is 52.5 Å². The molecule has 0 saturated carbocycles. The van der Waals surface area contributed by atoms with Gasteiger partial charge in [0.1, 0.15) is 13.2 Å². The maximum atomic E-state index is 13.7. The SMILES string of the molecule is CCOC(=O)C(=O)Nc1c(I)c(C(=O)NCC(COC(C)=O)OC(C)=O)c(I)c(C(=O)N(Cl)CC(COC(C)=O)OC(C)=O)c1I. The summed E-state index contributed by atoms with van der Waals surface area (Å²) in [5, 5.41) is 4.91. The molecule has 3 amide bonds. The predicted octanol–water partition coefficient (Wildman–Crippen LogP) is 2.32. The Morgan fingerprint density at radius 3 is 1.74 bits per heavy atom. The fourth-order valence-corrected chi connectivity index (χ4v) is 7.97. The van der Waals surface area contributed by atoms with Crippen molar-refractivity contribution in [2.24, 2.45) is 0 Å². The Balaban J connectivity index is 3.64. The van der Waals surface area contributed by atoms with Crippen molar-refractivity contribution in [1.82, 2.24) is 9.74 Å². The number of ether oxygens (including phenoxy) is 5. The van der Waals surface area contributed by atoms with Gasteiger partial charge in [0.2, 0.25) is 0 Å². The highest BCUT2D eigenvalue weighted by Gasteiger charge is 2.33. The second-order valence-electron chi connectivity index (χ2n) is 8.87. The summed E-state index contributed by atoms with van der Waals surface area (Å²) in [7, 11) is 0. The van der Waals surface area contributed by atoms with Crippen LogP contribution in [0.15, 0.2) is 0 Å². The smallest absolute Gasteiger partial charge is 0.397 e. The number of anilines is 1. The first-order chi connectivity index (χ1) is 21.4. The van der Waals surface area contributed by atoms with Gasteiger partial charge in [-0.15, -0.1) is 0 Å². The van der Waals surface area contributed by atoms with Crippen LogP contribution in [0.2, 0.25) is 0 Å². The van der Waals surface area contributed by atoms with Gasteiger partial charge in [-0.1, -0.05) is 0 Å². The Morgan fingerprint density at radius 2 is 1.24 bits per heavy atom. The number of nitrogens with zero attached hydrogens (tertiary/aromatic N) is 1. The molecule has 0 saturated heterocycles. The molecule has 2 unspecified atom stereocenters. The Bertz CT molecular complexity index is 1390. The predicted molar refractivity (Wildman–Crippen MR) is 183 cm³/mol. The summed E-state index contributed by atoms with van der Waals surface area (Å²) in [6.07, 6.45) is -2.23. The van der Waals surface area contributed by atoms with E-state index in [0.717, 1.165) is 27.7 Å². The lowest BCUT2D eigenvalue weighted by Crippen LogP contribution is -2.39. The van der Waals surface area contributed by atoms with E-state index in [1.54, 1.807) is 67.8 Å². The number of carbonyl (C=O) groups is 8. The standard InChI is InChI=1S/C26H29ClI3N3O13/c1-6-42-26(41)24(39)32-22-20(29)17(23(38)31-7-15(45-13(4)36)9-43-11(2)34)19(28)18(21(22)30)25(40)33(27)8-16(46-14(5)37)10-44-12(3)35/h15-16H,6-10H2,1-5H3,(H,31,38)(H,32,39). The van der Waals surface area contributed by atoms with E-state index in [0.29, 0.717) is 4.42 Å². The van der Waals surface area contributed by atoms with E-state index in [1.165, 1.54) is 6.92 Å². The first-order valence-corrected chi connectivity index (χ1v) is 16.5. The second-order valence-corrected chi connectivity index (χ2v) is 12.5. The van der Waals surface area contributed by atoms with Gasteiger partial charge >= 0.3 is 35.8 Å². The zero-order chi connectivity index (χ0) is 35.3. The maximum absolute atomic E-state index is 13.7. The number of hydrogen-bond donors (Lipinski definition) is 2. The van der Waals surface area contributed by atoms with Crippen molar-refractivity contribution in [2.45, 2.75) is 46.8 Å². The minimum atomic E-state index is -1.23. The number of esters is 5. The molecule has 0 aromatic heterocycles. The average molecular weight is 1010 g/mol. The monoisotopic (exact) mass is 1010 g/mol. The molecule has 254 valence electrons. The van der Waals surface area contributed by atoms with E-state index in [1.807, 2.05) is 0 Å². The quantitative estimate of drug-likeness (QED) is 0.0903. The largest absolute Gasteiger partial charge is 0.462 e. The topological polar surface area (TPSA) is 210 Å². The molecule has 1 aromatic rings. The third-order valence-electron chi connectivity index (χ3n) is 5.14. The summed E-state index contributed by atoms with van der Waals surface area (Å²) in [6.45, 7) is 4.34.